The van der Waals surface area contributed by atoms with E-state index in [1.807, 2.05) is 39.8 Å². The minimum Gasteiger partial charge on any atom is -0.295 e. The van der Waals surface area contributed by atoms with Crippen LogP contribution in [0.2, 0.25) is 0 Å². The Morgan fingerprint density at radius 1 is 0.592 bits per heavy atom. The maximum absolute atomic E-state index is 9.59. The van der Waals surface area contributed by atoms with Crippen LogP contribution in [-0.4, -0.2) is 28.7 Å². The fourth-order valence-corrected chi connectivity index (χ4v) is 7.66. The average molecular weight is 634 g/mol. The van der Waals surface area contributed by atoms with Gasteiger partial charge in [0.15, 0.2) is 5.65 Å². The second-order valence-electron chi connectivity index (χ2n) is 12.6. The molecule has 49 heavy (non-hydrogen) atoms. The molecule has 0 bridgehead atoms. The van der Waals surface area contributed by atoms with Gasteiger partial charge in [-0.1, -0.05) is 66.7 Å². The minimum absolute atomic E-state index is 0.634. The quantitative estimate of drug-likeness (QED) is 0.193. The molecule has 7 heteroatoms. The van der Waals surface area contributed by atoms with Gasteiger partial charge in [0.1, 0.15) is 28.5 Å². The summed E-state index contributed by atoms with van der Waals surface area (Å²) < 4.78 is 6.93. The summed E-state index contributed by atoms with van der Waals surface area (Å²) in [7, 11) is 0. The van der Waals surface area contributed by atoms with Crippen molar-refractivity contribution in [3.05, 3.63) is 144 Å². The Morgan fingerprint density at radius 2 is 1.16 bits per heavy atom. The van der Waals surface area contributed by atoms with Crippen molar-refractivity contribution in [2.24, 2.45) is 0 Å². The number of hydrogen-bond acceptors (Lipinski definition) is 4. The van der Waals surface area contributed by atoms with Crippen LogP contribution in [0.25, 0.3) is 72.3 Å². The van der Waals surface area contributed by atoms with Crippen LogP contribution in [0.1, 0.15) is 28.3 Å². The molecule has 0 fully saturated rings. The Bertz CT molecular complexity index is 2800. The largest absolute Gasteiger partial charge is 0.295 e. The van der Waals surface area contributed by atoms with Crippen LogP contribution in [0, 0.1) is 39.0 Å². The van der Waals surface area contributed by atoms with Gasteiger partial charge in [0.2, 0.25) is 0 Å². The number of para-hydroxylation sites is 5. The van der Waals surface area contributed by atoms with Crippen LogP contribution >= 0.6 is 0 Å². The molecule has 0 saturated heterocycles. The van der Waals surface area contributed by atoms with Gasteiger partial charge < -0.3 is 0 Å². The lowest BCUT2D eigenvalue weighted by atomic mass is 9.96. The highest BCUT2D eigenvalue weighted by Gasteiger charge is 2.25. The van der Waals surface area contributed by atoms with Crippen molar-refractivity contribution in [3.8, 4) is 34.4 Å². The fourth-order valence-electron chi connectivity index (χ4n) is 7.66. The molecule has 4 aromatic heterocycles. The van der Waals surface area contributed by atoms with Crippen LogP contribution in [0.4, 0.5) is 0 Å². The van der Waals surface area contributed by atoms with Gasteiger partial charge >= 0.3 is 0 Å². The van der Waals surface area contributed by atoms with E-state index in [-0.39, 0.29) is 0 Å². The number of fused-ring (bicyclic) bond motifs is 6. The number of imidazole rings is 1. The smallest absolute Gasteiger partial charge is 0.169 e. The second kappa shape index (κ2) is 10.8. The summed E-state index contributed by atoms with van der Waals surface area (Å²) >= 11 is 0. The molecule has 0 spiro atoms. The Morgan fingerprint density at radius 3 is 1.82 bits per heavy atom. The zero-order valence-electron chi connectivity index (χ0n) is 27.6. The van der Waals surface area contributed by atoms with Gasteiger partial charge in [-0.3, -0.25) is 13.7 Å². The molecule has 9 rings (SSSR count). The van der Waals surface area contributed by atoms with E-state index < -0.39 is 0 Å². The second-order valence-corrected chi connectivity index (χ2v) is 12.6. The van der Waals surface area contributed by atoms with Gasteiger partial charge in [0, 0.05) is 27.4 Å². The molecule has 9 aromatic rings. The maximum Gasteiger partial charge on any atom is 0.169 e. The van der Waals surface area contributed by atoms with Gasteiger partial charge in [-0.2, -0.15) is 5.26 Å². The maximum atomic E-state index is 9.59. The van der Waals surface area contributed by atoms with Crippen molar-refractivity contribution >= 4 is 44.0 Å². The third kappa shape index (κ3) is 4.17. The van der Waals surface area contributed by atoms with E-state index in [0.717, 1.165) is 73.1 Å². The highest BCUT2D eigenvalue weighted by atomic mass is 15.2. The fraction of sp³-hybridized carbons (Fsp3) is 0.0952. The third-order valence-electron chi connectivity index (χ3n) is 9.54. The summed E-state index contributed by atoms with van der Waals surface area (Å²) in [6.07, 6.45) is 0. The zero-order valence-corrected chi connectivity index (χ0v) is 27.6. The molecule has 0 aliphatic rings. The molecule has 4 heterocycles. The molecule has 0 unspecified atom stereocenters. The lowest BCUT2D eigenvalue weighted by molar-refractivity contribution is 0.954. The van der Waals surface area contributed by atoms with E-state index in [0.29, 0.717) is 11.4 Å². The van der Waals surface area contributed by atoms with Crippen molar-refractivity contribution in [1.82, 2.24) is 28.7 Å². The van der Waals surface area contributed by atoms with E-state index in [1.165, 1.54) is 16.2 Å². The van der Waals surface area contributed by atoms with Crippen LogP contribution in [0.3, 0.4) is 0 Å². The Labute approximate surface area is 283 Å². The van der Waals surface area contributed by atoms with E-state index in [9.17, 15) is 5.26 Å². The minimum atomic E-state index is 0.634. The number of benzene rings is 5. The zero-order chi connectivity index (χ0) is 33.4. The highest BCUT2D eigenvalue weighted by molar-refractivity contribution is 6.22. The number of nitriles is 1. The first-order valence-electron chi connectivity index (χ1n) is 16.4. The standard InChI is InChI=1S/C42H31N7/c1-25-22-29(24-43)23-26(2)37(25)39-40-41(45-27(3)44-39)47(28(4)46-40)35-20-12-13-21-36(35)49-34-19-11-9-17-32(34)38-31-16-8-10-18-33(31)48(42(38)49)30-14-6-5-7-15-30/h5-23H,1-4H3. The van der Waals surface area contributed by atoms with Crippen molar-refractivity contribution in [3.63, 3.8) is 0 Å². The lowest BCUT2D eigenvalue weighted by Gasteiger charge is -2.17. The van der Waals surface area contributed by atoms with E-state index in [4.69, 9.17) is 15.0 Å². The normalized spacial score (nSPS) is 11.7. The van der Waals surface area contributed by atoms with Crippen molar-refractivity contribution in [1.29, 1.82) is 5.26 Å². The molecular formula is C42H31N7. The molecule has 234 valence electrons. The number of rotatable bonds is 4. The molecular weight excluding hydrogens is 603 g/mol. The summed E-state index contributed by atoms with van der Waals surface area (Å²) in [5, 5.41) is 13.2. The first-order chi connectivity index (χ1) is 23.9. The molecule has 0 saturated carbocycles. The highest BCUT2D eigenvalue weighted by Crippen LogP contribution is 2.42. The molecule has 0 aliphatic heterocycles. The van der Waals surface area contributed by atoms with E-state index in [1.54, 1.807) is 0 Å². The summed E-state index contributed by atoms with van der Waals surface area (Å²) in [5.74, 6) is 1.46. The van der Waals surface area contributed by atoms with Crippen molar-refractivity contribution in [2.45, 2.75) is 27.7 Å². The molecule has 5 aromatic carbocycles. The van der Waals surface area contributed by atoms with Gasteiger partial charge in [-0.15, -0.1) is 0 Å². The Hall–Kier alpha value is -6.52. The van der Waals surface area contributed by atoms with Crippen LogP contribution < -0.4 is 0 Å². The topological polar surface area (TPSA) is 77.2 Å². The SMILES string of the molecule is Cc1nc(-c2c(C)cc(C#N)cc2C)c2nc(C)n(-c3ccccc3-n3c4ccccc4c4c5ccccc5n(-c5ccccc5)c43)c2n1. The average Bonchev–Trinajstić information content (AvgIpc) is 3.74. The summed E-state index contributed by atoms with van der Waals surface area (Å²) in [5.41, 5.74) is 12.3. The van der Waals surface area contributed by atoms with Crippen LogP contribution in [-0.2, 0) is 0 Å². The molecule has 0 N–H and O–H groups in total. The van der Waals surface area contributed by atoms with Gasteiger partial charge in [-0.25, -0.2) is 15.0 Å². The number of nitrogens with zero attached hydrogens (tertiary/aromatic N) is 7. The number of aryl methyl sites for hydroxylation is 4. The van der Waals surface area contributed by atoms with E-state index >= 15 is 0 Å². The Kier molecular flexibility index (Phi) is 6.30. The Balaban J connectivity index is 1.39. The van der Waals surface area contributed by atoms with Gasteiger partial charge in [0.25, 0.3) is 0 Å². The first-order valence-corrected chi connectivity index (χ1v) is 16.4. The number of aromatic nitrogens is 6. The molecule has 0 radical (unpaired) electrons. The summed E-state index contributed by atoms with van der Waals surface area (Å²) in [6.45, 7) is 8.01. The van der Waals surface area contributed by atoms with Crippen LogP contribution in [0.15, 0.2) is 115 Å². The van der Waals surface area contributed by atoms with Crippen LogP contribution in [0.5, 0.6) is 0 Å². The molecule has 0 aliphatic carbocycles. The molecule has 0 atom stereocenters. The van der Waals surface area contributed by atoms with E-state index in [2.05, 4.69) is 123 Å². The van der Waals surface area contributed by atoms with Crippen molar-refractivity contribution in [2.75, 3.05) is 0 Å². The molecule has 0 amide bonds. The lowest BCUT2D eigenvalue weighted by Crippen LogP contribution is -2.08. The number of hydrogen-bond donors (Lipinski definition) is 0. The summed E-state index contributed by atoms with van der Waals surface area (Å²) in [6, 6.07) is 42.5. The molecule has 7 nitrogen and oxygen atoms in total. The summed E-state index contributed by atoms with van der Waals surface area (Å²) in [4.78, 5) is 15.1. The predicted molar refractivity (Wildman–Crippen MR) is 197 cm³/mol. The first kappa shape index (κ1) is 28.7. The third-order valence-corrected chi connectivity index (χ3v) is 9.54. The van der Waals surface area contributed by atoms with Gasteiger partial charge in [0.05, 0.1) is 34.0 Å². The monoisotopic (exact) mass is 633 g/mol. The predicted octanol–water partition coefficient (Wildman–Crippen LogP) is 9.63. The van der Waals surface area contributed by atoms with Gasteiger partial charge in [-0.05, 0) is 87.4 Å². The van der Waals surface area contributed by atoms with Crippen molar-refractivity contribution < 1.29 is 0 Å².